The Balaban J connectivity index is 2.43. The Hall–Kier alpha value is -2.28. The fourth-order valence-corrected chi connectivity index (χ4v) is 1.67. The van der Waals surface area contributed by atoms with Gasteiger partial charge in [-0.15, -0.1) is 6.42 Å². The van der Waals surface area contributed by atoms with Crippen LogP contribution in [0.2, 0.25) is 0 Å². The van der Waals surface area contributed by atoms with Crippen molar-refractivity contribution in [3.63, 3.8) is 0 Å². The summed E-state index contributed by atoms with van der Waals surface area (Å²) < 4.78 is 6.83. The molecule has 0 aliphatic rings. The van der Waals surface area contributed by atoms with E-state index in [-0.39, 0.29) is 12.6 Å². The lowest BCUT2D eigenvalue weighted by Gasteiger charge is -2.05. The van der Waals surface area contributed by atoms with Crippen LogP contribution in [0.25, 0.3) is 11.0 Å². The van der Waals surface area contributed by atoms with E-state index in [2.05, 4.69) is 10.9 Å². The third-order valence-corrected chi connectivity index (χ3v) is 2.39. The minimum atomic E-state index is -0.329. The summed E-state index contributed by atoms with van der Waals surface area (Å²) >= 11 is 0. The van der Waals surface area contributed by atoms with E-state index in [9.17, 15) is 4.79 Å². The zero-order valence-electron chi connectivity index (χ0n) is 9.51. The maximum absolute atomic E-state index is 10.8. The maximum atomic E-state index is 10.8. The highest BCUT2D eigenvalue weighted by Crippen LogP contribution is 2.16. The molecule has 0 unspecified atom stereocenters. The van der Waals surface area contributed by atoms with Crippen molar-refractivity contribution < 1.29 is 9.53 Å². The Morgan fingerprint density at radius 3 is 3.00 bits per heavy atom. The monoisotopic (exact) mass is 228 g/mol. The number of rotatable bonds is 3. The Kier molecular flexibility index (Phi) is 3.10. The molecule has 0 atom stereocenters. The van der Waals surface area contributed by atoms with Crippen molar-refractivity contribution in [3.8, 4) is 12.3 Å². The van der Waals surface area contributed by atoms with Crippen molar-refractivity contribution in [1.82, 2.24) is 9.55 Å². The van der Waals surface area contributed by atoms with Gasteiger partial charge in [-0.3, -0.25) is 4.79 Å². The number of carbonyl (C=O) groups is 1. The second-order valence-electron chi connectivity index (χ2n) is 3.59. The molecule has 1 aromatic carbocycles. The number of nitrogens with zero attached hydrogens (tertiary/aromatic N) is 2. The van der Waals surface area contributed by atoms with E-state index in [1.54, 1.807) is 0 Å². The molecule has 0 fully saturated rings. The van der Waals surface area contributed by atoms with Crippen LogP contribution < -0.4 is 0 Å². The van der Waals surface area contributed by atoms with Crippen LogP contribution in [0.5, 0.6) is 0 Å². The summed E-state index contributed by atoms with van der Waals surface area (Å²) in [6.07, 6.45) is 5.33. The van der Waals surface area contributed by atoms with Crippen molar-refractivity contribution in [2.45, 2.75) is 20.1 Å². The summed E-state index contributed by atoms with van der Waals surface area (Å²) in [7, 11) is 0. The Bertz CT molecular complexity index is 593. The number of para-hydroxylation sites is 2. The van der Waals surface area contributed by atoms with Gasteiger partial charge in [0.15, 0.2) is 0 Å². The summed E-state index contributed by atoms with van der Waals surface area (Å²) in [5, 5.41) is 0. The highest BCUT2D eigenvalue weighted by Gasteiger charge is 2.10. The van der Waals surface area contributed by atoms with Crippen LogP contribution in [0.4, 0.5) is 0 Å². The van der Waals surface area contributed by atoms with Crippen LogP contribution in [-0.4, -0.2) is 15.5 Å². The van der Waals surface area contributed by atoms with E-state index < -0.39 is 0 Å². The topological polar surface area (TPSA) is 44.1 Å². The average Bonchev–Trinajstić information content (AvgIpc) is 2.66. The van der Waals surface area contributed by atoms with Gasteiger partial charge in [-0.05, 0) is 12.1 Å². The van der Waals surface area contributed by atoms with E-state index >= 15 is 0 Å². The molecule has 86 valence electrons. The smallest absolute Gasteiger partial charge is 0.303 e. The van der Waals surface area contributed by atoms with Crippen LogP contribution in [0.15, 0.2) is 24.3 Å². The van der Waals surface area contributed by atoms with Gasteiger partial charge in [-0.25, -0.2) is 4.98 Å². The zero-order chi connectivity index (χ0) is 12.3. The predicted molar refractivity (Wildman–Crippen MR) is 64.0 cm³/mol. The fraction of sp³-hybridized carbons (Fsp3) is 0.231. The second-order valence-corrected chi connectivity index (χ2v) is 3.59. The molecule has 0 saturated carbocycles. The lowest BCUT2D eigenvalue weighted by atomic mass is 10.3. The third kappa shape index (κ3) is 2.28. The zero-order valence-corrected chi connectivity index (χ0v) is 9.51. The lowest BCUT2D eigenvalue weighted by Crippen LogP contribution is -2.07. The summed E-state index contributed by atoms with van der Waals surface area (Å²) in [6, 6.07) is 7.67. The van der Waals surface area contributed by atoms with Gasteiger partial charge in [0.05, 0.1) is 17.6 Å². The van der Waals surface area contributed by atoms with E-state index in [4.69, 9.17) is 11.2 Å². The SMILES string of the molecule is C#CCn1c(COC(C)=O)nc2ccccc21. The Morgan fingerprint density at radius 1 is 1.53 bits per heavy atom. The summed E-state index contributed by atoms with van der Waals surface area (Å²) in [5.41, 5.74) is 1.80. The summed E-state index contributed by atoms with van der Waals surface area (Å²) in [5.74, 6) is 2.91. The molecule has 2 rings (SSSR count). The van der Waals surface area contributed by atoms with Crippen LogP contribution in [-0.2, 0) is 22.7 Å². The third-order valence-electron chi connectivity index (χ3n) is 2.39. The van der Waals surface area contributed by atoms with Gasteiger partial charge in [-0.2, -0.15) is 0 Å². The molecule has 1 heterocycles. The number of benzene rings is 1. The van der Waals surface area contributed by atoms with Crippen molar-refractivity contribution >= 4 is 17.0 Å². The molecular weight excluding hydrogens is 216 g/mol. The Morgan fingerprint density at radius 2 is 2.29 bits per heavy atom. The molecule has 0 saturated heterocycles. The first-order chi connectivity index (χ1) is 8.22. The molecule has 4 nitrogen and oxygen atoms in total. The number of aromatic nitrogens is 2. The van der Waals surface area contributed by atoms with Crippen LogP contribution in [0, 0.1) is 12.3 Å². The van der Waals surface area contributed by atoms with E-state index in [1.807, 2.05) is 28.8 Å². The number of hydrogen-bond acceptors (Lipinski definition) is 3. The van der Waals surface area contributed by atoms with Crippen LogP contribution in [0.1, 0.15) is 12.7 Å². The standard InChI is InChI=1S/C13H12N2O2/c1-3-8-15-12-7-5-4-6-11(12)14-13(15)9-17-10(2)16/h1,4-7H,8-9H2,2H3. The normalized spacial score (nSPS) is 10.1. The molecule has 0 radical (unpaired) electrons. The number of ether oxygens (including phenoxy) is 1. The largest absolute Gasteiger partial charge is 0.458 e. The number of imidazole rings is 1. The van der Waals surface area contributed by atoms with Gasteiger partial charge in [0, 0.05) is 6.92 Å². The van der Waals surface area contributed by atoms with Crippen molar-refractivity contribution in [3.05, 3.63) is 30.1 Å². The summed E-state index contributed by atoms with van der Waals surface area (Å²) in [4.78, 5) is 15.2. The van der Waals surface area contributed by atoms with Gasteiger partial charge in [-0.1, -0.05) is 18.1 Å². The second kappa shape index (κ2) is 4.71. The number of esters is 1. The molecule has 17 heavy (non-hydrogen) atoms. The highest BCUT2D eigenvalue weighted by molar-refractivity contribution is 5.76. The maximum Gasteiger partial charge on any atom is 0.303 e. The number of carbonyl (C=O) groups excluding carboxylic acids is 1. The molecule has 0 aliphatic carbocycles. The minimum absolute atomic E-state index is 0.145. The molecule has 0 spiro atoms. The van der Waals surface area contributed by atoms with Gasteiger partial charge >= 0.3 is 5.97 Å². The molecule has 2 aromatic rings. The van der Waals surface area contributed by atoms with Crippen molar-refractivity contribution in [2.75, 3.05) is 0 Å². The van der Waals surface area contributed by atoms with E-state index in [0.717, 1.165) is 11.0 Å². The van der Waals surface area contributed by atoms with Gasteiger partial charge in [0.1, 0.15) is 12.4 Å². The molecule has 0 amide bonds. The first kappa shape index (κ1) is 11.2. The Labute approximate surface area is 99.2 Å². The average molecular weight is 228 g/mol. The van der Waals surface area contributed by atoms with E-state index in [1.165, 1.54) is 6.92 Å². The number of terminal acetylenes is 1. The predicted octanol–water partition coefficient (Wildman–Crippen LogP) is 1.73. The fourth-order valence-electron chi connectivity index (χ4n) is 1.67. The first-order valence-corrected chi connectivity index (χ1v) is 5.23. The molecule has 0 N–H and O–H groups in total. The van der Waals surface area contributed by atoms with Crippen LogP contribution >= 0.6 is 0 Å². The molecule has 0 bridgehead atoms. The molecule has 4 heteroatoms. The summed E-state index contributed by atoms with van der Waals surface area (Å²) in [6.45, 7) is 1.93. The van der Waals surface area contributed by atoms with Gasteiger partial charge in [0.25, 0.3) is 0 Å². The molecular formula is C13H12N2O2. The van der Waals surface area contributed by atoms with Crippen molar-refractivity contribution in [2.24, 2.45) is 0 Å². The quantitative estimate of drug-likeness (QED) is 0.593. The van der Waals surface area contributed by atoms with Gasteiger partial charge in [0.2, 0.25) is 0 Å². The highest BCUT2D eigenvalue weighted by atomic mass is 16.5. The minimum Gasteiger partial charge on any atom is -0.458 e. The number of hydrogen-bond donors (Lipinski definition) is 0. The first-order valence-electron chi connectivity index (χ1n) is 5.23. The molecule has 1 aromatic heterocycles. The lowest BCUT2D eigenvalue weighted by molar-refractivity contribution is -0.142. The molecule has 0 aliphatic heterocycles. The van der Waals surface area contributed by atoms with Crippen LogP contribution in [0.3, 0.4) is 0 Å². The van der Waals surface area contributed by atoms with Crippen molar-refractivity contribution in [1.29, 1.82) is 0 Å². The van der Waals surface area contributed by atoms with Gasteiger partial charge < -0.3 is 9.30 Å². The number of fused-ring (bicyclic) bond motifs is 1. The van der Waals surface area contributed by atoms with E-state index in [0.29, 0.717) is 12.4 Å².